The third-order valence-electron chi connectivity index (χ3n) is 4.66. The molecule has 0 aliphatic carbocycles. The normalized spacial score (nSPS) is 14.7. The van der Waals surface area contributed by atoms with E-state index in [2.05, 4.69) is 28.7 Å². The summed E-state index contributed by atoms with van der Waals surface area (Å²) < 4.78 is 17.2. The first-order valence-corrected chi connectivity index (χ1v) is 11.6. The molecule has 0 radical (unpaired) electrons. The number of ether oxygens (including phenoxy) is 3. The van der Waals surface area contributed by atoms with Crippen LogP contribution in [0.25, 0.3) is 6.08 Å². The highest BCUT2D eigenvalue weighted by molar-refractivity contribution is 14.1. The predicted octanol–water partition coefficient (Wildman–Crippen LogP) is 4.82. The Morgan fingerprint density at radius 2 is 2.00 bits per heavy atom. The molecule has 0 aromatic heterocycles. The van der Waals surface area contributed by atoms with E-state index in [-0.39, 0.29) is 17.8 Å². The van der Waals surface area contributed by atoms with Gasteiger partial charge in [0.15, 0.2) is 11.5 Å². The van der Waals surface area contributed by atoms with Crippen molar-refractivity contribution in [1.82, 2.24) is 4.90 Å². The molecule has 1 heterocycles. The van der Waals surface area contributed by atoms with Gasteiger partial charge < -0.3 is 14.2 Å². The van der Waals surface area contributed by atoms with Crippen LogP contribution in [0.15, 0.2) is 41.3 Å². The fraction of sp³-hybridized carbons (Fsp3) is 0.261. The Morgan fingerprint density at radius 1 is 1.22 bits per heavy atom. The van der Waals surface area contributed by atoms with Crippen molar-refractivity contribution in [3.63, 3.8) is 0 Å². The second kappa shape index (κ2) is 11.4. The van der Waals surface area contributed by atoms with Gasteiger partial charge >= 0.3 is 0 Å². The summed E-state index contributed by atoms with van der Waals surface area (Å²) in [7, 11) is 3.12. The molecule has 0 N–H and O–H groups in total. The summed E-state index contributed by atoms with van der Waals surface area (Å²) in [5.74, 6) is 0.737. The Kier molecular flexibility index (Phi) is 8.55. The van der Waals surface area contributed by atoms with Gasteiger partial charge in [-0.25, -0.2) is 0 Å². The number of hydrogen-bond donors (Lipinski definition) is 0. The second-order valence-corrected chi connectivity index (χ2v) is 8.93. The maximum absolute atomic E-state index is 12.6. The number of imide groups is 1. The van der Waals surface area contributed by atoms with Crippen LogP contribution in [0.5, 0.6) is 11.5 Å². The molecule has 0 saturated carbocycles. The molecule has 2 aromatic rings. The molecule has 9 heteroatoms. The standard InChI is InChI=1S/C23H21IN2O5S/c1-29-9-5-8-26-22(27)20(32-23(26)28)12-15-10-18(24)21(19(11-15)30-2)31-14-17-7-4-3-6-16(17)13-25/h3-4,6-7,10-12H,5,8-9,14H2,1-2H3/b20-12+. The summed E-state index contributed by atoms with van der Waals surface area (Å²) in [5, 5.41) is 8.98. The van der Waals surface area contributed by atoms with E-state index in [1.165, 1.54) is 12.0 Å². The van der Waals surface area contributed by atoms with E-state index >= 15 is 0 Å². The molecule has 3 rings (SSSR count). The van der Waals surface area contributed by atoms with Gasteiger partial charge in [0.1, 0.15) is 6.61 Å². The lowest BCUT2D eigenvalue weighted by Crippen LogP contribution is -2.29. The molecule has 2 amide bonds. The number of halogens is 1. The molecule has 32 heavy (non-hydrogen) atoms. The van der Waals surface area contributed by atoms with Gasteiger partial charge in [-0.2, -0.15) is 5.26 Å². The summed E-state index contributed by atoms with van der Waals surface area (Å²) in [6, 6.07) is 13.0. The highest BCUT2D eigenvalue weighted by atomic mass is 127. The number of benzene rings is 2. The molecule has 7 nitrogen and oxygen atoms in total. The minimum absolute atomic E-state index is 0.218. The van der Waals surface area contributed by atoms with Gasteiger partial charge in [0.05, 0.1) is 27.2 Å². The summed E-state index contributed by atoms with van der Waals surface area (Å²) in [6.45, 7) is 1.03. The van der Waals surface area contributed by atoms with Crippen molar-refractivity contribution >= 4 is 51.6 Å². The number of nitrogens with zero attached hydrogens (tertiary/aromatic N) is 2. The Labute approximate surface area is 204 Å². The van der Waals surface area contributed by atoms with Gasteiger partial charge in [0, 0.05) is 25.8 Å². The molecule has 166 valence electrons. The number of carbonyl (C=O) groups excluding carboxylic acids is 2. The van der Waals surface area contributed by atoms with E-state index in [4.69, 9.17) is 14.2 Å². The third kappa shape index (κ3) is 5.62. The summed E-state index contributed by atoms with van der Waals surface area (Å²) in [5.41, 5.74) is 2.05. The Morgan fingerprint density at radius 3 is 2.72 bits per heavy atom. The van der Waals surface area contributed by atoms with Crippen LogP contribution in [0, 0.1) is 14.9 Å². The van der Waals surface area contributed by atoms with E-state index in [0.717, 1.165) is 26.5 Å². The van der Waals surface area contributed by atoms with Crippen molar-refractivity contribution in [2.24, 2.45) is 0 Å². The fourth-order valence-electron chi connectivity index (χ4n) is 3.08. The zero-order valence-electron chi connectivity index (χ0n) is 17.6. The number of nitriles is 1. The molecular weight excluding hydrogens is 543 g/mol. The van der Waals surface area contributed by atoms with Crippen molar-refractivity contribution in [3.05, 3.63) is 61.6 Å². The summed E-state index contributed by atoms with van der Waals surface area (Å²) >= 11 is 3.06. The lowest BCUT2D eigenvalue weighted by molar-refractivity contribution is -0.122. The van der Waals surface area contributed by atoms with Crippen LogP contribution in [-0.2, 0) is 16.1 Å². The Balaban J connectivity index is 1.80. The summed E-state index contributed by atoms with van der Waals surface area (Å²) in [4.78, 5) is 26.4. The highest BCUT2D eigenvalue weighted by Gasteiger charge is 2.34. The van der Waals surface area contributed by atoms with Crippen LogP contribution >= 0.6 is 34.4 Å². The van der Waals surface area contributed by atoms with Crippen LogP contribution < -0.4 is 9.47 Å². The molecule has 0 bridgehead atoms. The number of amides is 2. The van der Waals surface area contributed by atoms with Gasteiger partial charge in [-0.05, 0) is 70.6 Å². The monoisotopic (exact) mass is 564 g/mol. The number of carbonyl (C=O) groups is 2. The molecule has 1 aliphatic rings. The molecular formula is C23H21IN2O5S. The van der Waals surface area contributed by atoms with Gasteiger partial charge in [0.2, 0.25) is 0 Å². The Bertz CT molecular complexity index is 1100. The van der Waals surface area contributed by atoms with E-state index in [1.807, 2.05) is 18.2 Å². The minimum atomic E-state index is -0.307. The third-order valence-corrected chi connectivity index (χ3v) is 6.37. The highest BCUT2D eigenvalue weighted by Crippen LogP contribution is 2.37. The van der Waals surface area contributed by atoms with E-state index in [9.17, 15) is 14.9 Å². The molecule has 0 atom stereocenters. The van der Waals surface area contributed by atoms with Crippen molar-refractivity contribution < 1.29 is 23.8 Å². The smallest absolute Gasteiger partial charge is 0.293 e. The van der Waals surface area contributed by atoms with Crippen molar-refractivity contribution in [2.75, 3.05) is 27.4 Å². The average molecular weight is 564 g/mol. The number of thioether (sulfide) groups is 1. The number of hydrogen-bond acceptors (Lipinski definition) is 7. The largest absolute Gasteiger partial charge is 0.493 e. The van der Waals surface area contributed by atoms with Crippen LogP contribution in [0.1, 0.15) is 23.1 Å². The molecule has 1 saturated heterocycles. The first kappa shape index (κ1) is 24.1. The number of rotatable bonds is 9. The maximum Gasteiger partial charge on any atom is 0.293 e. The Hall–Kier alpha value is -2.55. The first-order chi connectivity index (χ1) is 15.5. The topological polar surface area (TPSA) is 88.9 Å². The van der Waals surface area contributed by atoms with E-state index in [0.29, 0.717) is 41.5 Å². The molecule has 0 unspecified atom stereocenters. The molecule has 0 spiro atoms. The van der Waals surface area contributed by atoms with Crippen LogP contribution in [0.2, 0.25) is 0 Å². The molecule has 1 aliphatic heterocycles. The van der Waals surface area contributed by atoms with E-state index < -0.39 is 0 Å². The first-order valence-electron chi connectivity index (χ1n) is 9.71. The van der Waals surface area contributed by atoms with Gasteiger partial charge in [-0.15, -0.1) is 0 Å². The maximum atomic E-state index is 12.6. The van der Waals surface area contributed by atoms with Gasteiger partial charge in [-0.3, -0.25) is 14.5 Å². The lowest BCUT2D eigenvalue weighted by atomic mass is 10.1. The number of methoxy groups -OCH3 is 2. The summed E-state index contributed by atoms with van der Waals surface area (Å²) in [6.07, 6.45) is 2.27. The van der Waals surface area contributed by atoms with Crippen LogP contribution in [-0.4, -0.2) is 43.4 Å². The van der Waals surface area contributed by atoms with Crippen molar-refractivity contribution in [2.45, 2.75) is 13.0 Å². The zero-order valence-corrected chi connectivity index (χ0v) is 20.6. The fourth-order valence-corrected chi connectivity index (χ4v) is 4.73. The van der Waals surface area contributed by atoms with Crippen molar-refractivity contribution in [1.29, 1.82) is 5.26 Å². The van der Waals surface area contributed by atoms with Crippen molar-refractivity contribution in [3.8, 4) is 17.6 Å². The molecule has 1 fully saturated rings. The van der Waals surface area contributed by atoms with Gasteiger partial charge in [0.25, 0.3) is 11.1 Å². The minimum Gasteiger partial charge on any atom is -0.493 e. The zero-order chi connectivity index (χ0) is 23.1. The quantitative estimate of drug-likeness (QED) is 0.245. The van der Waals surface area contributed by atoms with Gasteiger partial charge in [-0.1, -0.05) is 18.2 Å². The van der Waals surface area contributed by atoms with Crippen LogP contribution in [0.3, 0.4) is 0 Å². The SMILES string of the molecule is COCCCN1C(=O)S/C(=C/c2cc(I)c(OCc3ccccc3C#N)c(OC)c2)C1=O. The lowest BCUT2D eigenvalue weighted by Gasteiger charge is -2.14. The van der Waals surface area contributed by atoms with E-state index in [1.54, 1.807) is 31.4 Å². The van der Waals surface area contributed by atoms with Crippen LogP contribution in [0.4, 0.5) is 4.79 Å². The average Bonchev–Trinajstić information content (AvgIpc) is 3.05. The predicted molar refractivity (Wildman–Crippen MR) is 130 cm³/mol. The second-order valence-electron chi connectivity index (χ2n) is 6.77. The molecule has 2 aromatic carbocycles.